The Morgan fingerprint density at radius 1 is 1.30 bits per heavy atom. The lowest BCUT2D eigenvalue weighted by Crippen LogP contribution is -2.37. The van der Waals surface area contributed by atoms with E-state index in [1.165, 1.54) is 25.0 Å². The number of carbonyl (C=O) groups is 2. The molecule has 0 radical (unpaired) electrons. The van der Waals surface area contributed by atoms with E-state index in [0.717, 1.165) is 6.42 Å². The number of nitrogens with two attached hydrogens (primary N) is 1. The molecule has 0 aromatic heterocycles. The molecule has 4 N–H and O–H groups in total. The molecule has 0 saturated heterocycles. The van der Waals surface area contributed by atoms with Crippen molar-refractivity contribution in [2.45, 2.75) is 45.4 Å². The van der Waals surface area contributed by atoms with Gasteiger partial charge in [-0.1, -0.05) is 25.8 Å². The van der Waals surface area contributed by atoms with Gasteiger partial charge in [-0.05, 0) is 66.7 Å². The van der Waals surface area contributed by atoms with Crippen LogP contribution in [0.3, 0.4) is 0 Å². The molecule has 8 heteroatoms. The average Bonchev–Trinajstić information content (AvgIpc) is 3.64. The van der Waals surface area contributed by atoms with Gasteiger partial charge in [-0.3, -0.25) is 9.59 Å². The molecule has 1 aliphatic rings. The molecule has 7 nitrogen and oxygen atoms in total. The van der Waals surface area contributed by atoms with Gasteiger partial charge in [0.05, 0.1) is 5.71 Å². The Morgan fingerprint density at radius 2 is 2.03 bits per heavy atom. The first-order valence-electron chi connectivity index (χ1n) is 11.4. The number of benzene rings is 1. The first-order chi connectivity index (χ1) is 15.9. The second kappa shape index (κ2) is 14.0. The van der Waals surface area contributed by atoms with Gasteiger partial charge in [-0.25, -0.2) is 9.38 Å². The van der Waals surface area contributed by atoms with Crippen LogP contribution in [0, 0.1) is 17.1 Å². The van der Waals surface area contributed by atoms with Gasteiger partial charge in [0.15, 0.2) is 0 Å². The Morgan fingerprint density at radius 3 is 2.67 bits per heavy atom. The smallest absolute Gasteiger partial charge is 0.222 e. The lowest BCUT2D eigenvalue weighted by Gasteiger charge is -2.22. The first-order valence-corrected chi connectivity index (χ1v) is 11.4. The Hall–Kier alpha value is -3.29. The maximum Gasteiger partial charge on any atom is 0.222 e. The van der Waals surface area contributed by atoms with Crippen molar-refractivity contribution < 1.29 is 14.0 Å². The number of hydrogen-bond acceptors (Lipinski definition) is 4. The third kappa shape index (κ3) is 9.80. The van der Waals surface area contributed by atoms with E-state index in [9.17, 15) is 14.0 Å². The number of nitrogens with zero attached hydrogens (tertiary/aromatic N) is 2. The second-order valence-electron chi connectivity index (χ2n) is 8.07. The summed E-state index contributed by atoms with van der Waals surface area (Å²) in [5, 5.41) is 10.8. The number of hydrogen-bond donors (Lipinski definition) is 3. The summed E-state index contributed by atoms with van der Waals surface area (Å²) in [5.74, 6) is 0.779. The van der Waals surface area contributed by atoms with Gasteiger partial charge in [0.25, 0.3) is 0 Å². The summed E-state index contributed by atoms with van der Waals surface area (Å²) in [6, 6.07) is 5.74. The molecule has 33 heavy (non-hydrogen) atoms. The molecule has 0 atom stereocenters. The Bertz CT molecular complexity index is 889. The maximum atomic E-state index is 13.1. The molecule has 0 unspecified atom stereocenters. The third-order valence-corrected chi connectivity index (χ3v) is 5.49. The Balaban J connectivity index is 1.89. The lowest BCUT2D eigenvalue weighted by atomic mass is 10.1. The average molecular weight is 456 g/mol. The fraction of sp³-hybridized carbons (Fsp3) is 0.440. The predicted molar refractivity (Wildman–Crippen MR) is 130 cm³/mol. The number of amidine groups is 1. The van der Waals surface area contributed by atoms with Crippen LogP contribution < -0.4 is 11.1 Å². The zero-order chi connectivity index (χ0) is 24.1. The van der Waals surface area contributed by atoms with Gasteiger partial charge < -0.3 is 21.4 Å². The van der Waals surface area contributed by atoms with Gasteiger partial charge in [-0.2, -0.15) is 0 Å². The number of aliphatic imine (C=N–C) groups is 1. The first kappa shape index (κ1) is 26.0. The second-order valence-corrected chi connectivity index (χ2v) is 8.07. The number of nitrogens with one attached hydrogen (secondary N) is 2. The van der Waals surface area contributed by atoms with Gasteiger partial charge in [0, 0.05) is 32.3 Å². The maximum absolute atomic E-state index is 13.1. The van der Waals surface area contributed by atoms with Crippen molar-refractivity contribution in [1.29, 1.82) is 5.41 Å². The van der Waals surface area contributed by atoms with Crippen LogP contribution in [0.5, 0.6) is 0 Å². The lowest BCUT2D eigenvalue weighted by molar-refractivity contribution is -0.131. The van der Waals surface area contributed by atoms with Crippen molar-refractivity contribution in [3.8, 4) is 0 Å². The molecule has 1 saturated carbocycles. The molecule has 178 valence electrons. The van der Waals surface area contributed by atoms with E-state index in [4.69, 9.17) is 11.1 Å². The molecule has 2 rings (SSSR count). The van der Waals surface area contributed by atoms with Crippen LogP contribution in [0.4, 0.5) is 4.39 Å². The topological polar surface area (TPSA) is 112 Å². The molecule has 1 fully saturated rings. The highest BCUT2D eigenvalue weighted by Crippen LogP contribution is 2.33. The monoisotopic (exact) mass is 455 g/mol. The Labute approximate surface area is 195 Å². The molecule has 1 aromatic carbocycles. The summed E-state index contributed by atoms with van der Waals surface area (Å²) < 4.78 is 13.1. The molecule has 0 spiro atoms. The molecule has 0 heterocycles. The fourth-order valence-electron chi connectivity index (χ4n) is 3.28. The van der Waals surface area contributed by atoms with Crippen molar-refractivity contribution in [2.75, 3.05) is 19.6 Å². The number of carbonyl (C=O) groups excluding carboxylic acids is 2. The summed E-state index contributed by atoms with van der Waals surface area (Å²) in [7, 11) is 0. The van der Waals surface area contributed by atoms with Gasteiger partial charge in [-0.15, -0.1) is 0 Å². The van der Waals surface area contributed by atoms with Gasteiger partial charge in [0.2, 0.25) is 12.3 Å². The SMILES string of the molecule is CCC(=C/C(=N)c1ccc(F)cc1)/C(N)=N/C=C/CCN(CCNC=O)C(=O)CCC1CC1. The van der Waals surface area contributed by atoms with E-state index < -0.39 is 0 Å². The van der Waals surface area contributed by atoms with Crippen LogP contribution >= 0.6 is 0 Å². The van der Waals surface area contributed by atoms with E-state index in [-0.39, 0.29) is 17.4 Å². The van der Waals surface area contributed by atoms with Crippen LogP contribution in [-0.4, -0.2) is 48.4 Å². The van der Waals surface area contributed by atoms with Crippen molar-refractivity contribution in [3.63, 3.8) is 0 Å². The zero-order valence-electron chi connectivity index (χ0n) is 19.2. The number of allylic oxidation sites excluding steroid dienone is 1. The van der Waals surface area contributed by atoms with E-state index in [0.29, 0.717) is 68.2 Å². The molecule has 0 bridgehead atoms. The highest BCUT2D eigenvalue weighted by molar-refractivity contribution is 6.11. The largest absolute Gasteiger partial charge is 0.383 e. The summed E-state index contributed by atoms with van der Waals surface area (Å²) in [6.45, 7) is 3.38. The molecule has 0 aliphatic heterocycles. The van der Waals surface area contributed by atoms with E-state index in [2.05, 4.69) is 10.3 Å². The number of amides is 2. The van der Waals surface area contributed by atoms with Crippen LogP contribution in [0.1, 0.15) is 51.0 Å². The molecule has 1 aromatic rings. The highest BCUT2D eigenvalue weighted by Gasteiger charge is 2.23. The predicted octanol–water partition coefficient (Wildman–Crippen LogP) is 3.56. The molecule has 2 amide bonds. The van der Waals surface area contributed by atoms with Crippen molar-refractivity contribution in [3.05, 3.63) is 59.6 Å². The van der Waals surface area contributed by atoms with Crippen LogP contribution in [-0.2, 0) is 9.59 Å². The number of halogens is 1. The van der Waals surface area contributed by atoms with E-state index >= 15 is 0 Å². The summed E-state index contributed by atoms with van der Waals surface area (Å²) >= 11 is 0. The van der Waals surface area contributed by atoms with Gasteiger partial charge >= 0.3 is 0 Å². The zero-order valence-corrected chi connectivity index (χ0v) is 19.2. The Kier molecular flexibility index (Phi) is 11.0. The summed E-state index contributed by atoms with van der Waals surface area (Å²) in [4.78, 5) is 29.0. The van der Waals surface area contributed by atoms with Crippen LogP contribution in [0.2, 0.25) is 0 Å². The fourth-order valence-corrected chi connectivity index (χ4v) is 3.28. The highest BCUT2D eigenvalue weighted by atomic mass is 19.1. The standard InChI is InChI=1S/C25H34FN5O2/c1-2-20(17-23(27)21-8-10-22(26)11-9-21)25(28)30-13-3-4-15-31(16-14-29-18-32)24(33)12-7-19-5-6-19/h3,8-11,13,17-19,27H,2,4-7,12,14-16H2,1H3,(H2,28,30)(H,29,32)/b13-3+,20-17-,27-23?. The van der Waals surface area contributed by atoms with Crippen LogP contribution in [0.25, 0.3) is 0 Å². The third-order valence-electron chi connectivity index (χ3n) is 5.49. The van der Waals surface area contributed by atoms with Gasteiger partial charge in [0.1, 0.15) is 11.7 Å². The summed E-state index contributed by atoms with van der Waals surface area (Å²) in [6.07, 6.45) is 10.9. The minimum Gasteiger partial charge on any atom is -0.383 e. The minimum atomic E-state index is -0.347. The molecular weight excluding hydrogens is 421 g/mol. The van der Waals surface area contributed by atoms with Crippen LogP contribution in [0.15, 0.2) is 53.2 Å². The number of rotatable bonds is 15. The van der Waals surface area contributed by atoms with E-state index in [1.54, 1.807) is 29.3 Å². The molecule has 1 aliphatic carbocycles. The summed E-state index contributed by atoms with van der Waals surface area (Å²) in [5.41, 5.74) is 7.64. The van der Waals surface area contributed by atoms with E-state index in [1.807, 2.05) is 13.0 Å². The normalized spacial score (nSPS) is 14.4. The van der Waals surface area contributed by atoms with Crippen molar-refractivity contribution >= 4 is 23.9 Å². The molecular formula is C25H34FN5O2. The van der Waals surface area contributed by atoms with Crippen molar-refractivity contribution in [2.24, 2.45) is 16.6 Å². The minimum absolute atomic E-state index is 0.113. The quantitative estimate of drug-likeness (QED) is 0.163. The van der Waals surface area contributed by atoms with Crippen molar-refractivity contribution in [1.82, 2.24) is 10.2 Å².